The second kappa shape index (κ2) is 6.69. The molecule has 1 unspecified atom stereocenters. The predicted molar refractivity (Wildman–Crippen MR) is 65.4 cm³/mol. The molecule has 0 saturated heterocycles. The van der Waals surface area contributed by atoms with Gasteiger partial charge in [0.2, 0.25) is 0 Å². The van der Waals surface area contributed by atoms with E-state index in [0.29, 0.717) is 24.6 Å². The molecule has 0 aromatic rings. The van der Waals surface area contributed by atoms with Crippen LogP contribution < -0.4 is 5.32 Å². The standard InChI is InChI=1S/C13H23NO2/c1-3-11(13(15)16)7-8-14-12(4-2)9-10-5-6-10/h7,10,12,14H,3-6,8-9H2,1-2H3,(H,15,16)/b11-7-. The Labute approximate surface area is 97.9 Å². The van der Waals surface area contributed by atoms with Crippen molar-refractivity contribution in [1.29, 1.82) is 0 Å². The van der Waals surface area contributed by atoms with Crippen molar-refractivity contribution >= 4 is 5.97 Å². The van der Waals surface area contributed by atoms with E-state index in [-0.39, 0.29) is 0 Å². The average Bonchev–Trinajstić information content (AvgIpc) is 3.05. The van der Waals surface area contributed by atoms with Gasteiger partial charge in [-0.05, 0) is 25.2 Å². The quantitative estimate of drug-likeness (QED) is 0.624. The van der Waals surface area contributed by atoms with E-state index in [4.69, 9.17) is 5.11 Å². The van der Waals surface area contributed by atoms with Crippen molar-refractivity contribution in [2.75, 3.05) is 6.54 Å². The Balaban J connectivity index is 2.27. The molecule has 2 N–H and O–H groups in total. The summed E-state index contributed by atoms with van der Waals surface area (Å²) >= 11 is 0. The van der Waals surface area contributed by atoms with Crippen LogP contribution in [0.1, 0.15) is 46.0 Å². The monoisotopic (exact) mass is 225 g/mol. The van der Waals surface area contributed by atoms with Crippen molar-refractivity contribution in [2.24, 2.45) is 5.92 Å². The second-order valence-corrected chi connectivity index (χ2v) is 4.58. The minimum atomic E-state index is -0.792. The van der Waals surface area contributed by atoms with Crippen LogP contribution in [-0.2, 0) is 4.79 Å². The molecule has 1 rings (SSSR count). The molecule has 1 aliphatic rings. The lowest BCUT2D eigenvalue weighted by Crippen LogP contribution is -2.29. The maximum absolute atomic E-state index is 10.8. The Hall–Kier alpha value is -0.830. The lowest BCUT2D eigenvalue weighted by Gasteiger charge is -2.15. The molecule has 0 heterocycles. The van der Waals surface area contributed by atoms with Gasteiger partial charge in [0.25, 0.3) is 0 Å². The first-order chi connectivity index (χ1) is 7.67. The summed E-state index contributed by atoms with van der Waals surface area (Å²) in [5, 5.41) is 12.3. The molecule has 0 radical (unpaired) electrons. The molecular weight excluding hydrogens is 202 g/mol. The summed E-state index contributed by atoms with van der Waals surface area (Å²) in [5.41, 5.74) is 0.508. The van der Waals surface area contributed by atoms with E-state index >= 15 is 0 Å². The number of carboxylic acids is 1. The van der Waals surface area contributed by atoms with E-state index in [9.17, 15) is 4.79 Å². The first-order valence-corrected chi connectivity index (χ1v) is 6.33. The second-order valence-electron chi connectivity index (χ2n) is 4.58. The zero-order valence-electron chi connectivity index (χ0n) is 10.3. The molecule has 1 atom stereocenters. The average molecular weight is 225 g/mol. The van der Waals surface area contributed by atoms with Crippen molar-refractivity contribution < 1.29 is 9.90 Å². The SMILES string of the molecule is CC/C(=C/CNC(CC)CC1CC1)C(=O)O. The van der Waals surface area contributed by atoms with Crippen molar-refractivity contribution in [2.45, 2.75) is 52.0 Å². The highest BCUT2D eigenvalue weighted by molar-refractivity contribution is 5.86. The fraction of sp³-hybridized carbons (Fsp3) is 0.769. The van der Waals surface area contributed by atoms with Crippen LogP contribution in [-0.4, -0.2) is 23.7 Å². The van der Waals surface area contributed by atoms with Crippen LogP contribution in [0.4, 0.5) is 0 Å². The largest absolute Gasteiger partial charge is 0.478 e. The Bertz CT molecular complexity index is 257. The topological polar surface area (TPSA) is 49.3 Å². The van der Waals surface area contributed by atoms with Gasteiger partial charge in [0.1, 0.15) is 0 Å². The summed E-state index contributed by atoms with van der Waals surface area (Å²) in [6.07, 6.45) is 7.53. The van der Waals surface area contributed by atoms with E-state index in [1.807, 2.05) is 6.92 Å². The molecule has 3 nitrogen and oxygen atoms in total. The third kappa shape index (κ3) is 4.79. The van der Waals surface area contributed by atoms with Gasteiger partial charge in [-0.3, -0.25) is 0 Å². The first-order valence-electron chi connectivity index (χ1n) is 6.33. The summed E-state index contributed by atoms with van der Waals surface area (Å²) < 4.78 is 0. The lowest BCUT2D eigenvalue weighted by atomic mass is 10.1. The van der Waals surface area contributed by atoms with Gasteiger partial charge in [-0.25, -0.2) is 4.79 Å². The van der Waals surface area contributed by atoms with Gasteiger partial charge in [-0.15, -0.1) is 0 Å². The molecule has 3 heteroatoms. The normalized spacial score (nSPS) is 18.5. The highest BCUT2D eigenvalue weighted by atomic mass is 16.4. The van der Waals surface area contributed by atoms with Crippen LogP contribution in [0.15, 0.2) is 11.6 Å². The molecule has 0 aliphatic heterocycles. The number of carboxylic acid groups (broad SMARTS) is 1. The maximum atomic E-state index is 10.8. The third-order valence-corrected chi connectivity index (χ3v) is 3.22. The molecular formula is C13H23NO2. The summed E-state index contributed by atoms with van der Waals surface area (Å²) in [5.74, 6) is 0.131. The van der Waals surface area contributed by atoms with Crippen molar-refractivity contribution in [3.63, 3.8) is 0 Å². The molecule has 0 aromatic carbocycles. The Kier molecular flexibility index (Phi) is 5.53. The number of carbonyl (C=O) groups is 1. The van der Waals surface area contributed by atoms with Crippen LogP contribution in [0.3, 0.4) is 0 Å². The van der Waals surface area contributed by atoms with E-state index in [1.165, 1.54) is 19.3 Å². The summed E-state index contributed by atoms with van der Waals surface area (Å²) in [6, 6.07) is 0.552. The van der Waals surface area contributed by atoms with Gasteiger partial charge in [-0.1, -0.05) is 32.8 Å². The fourth-order valence-electron chi connectivity index (χ4n) is 1.88. The summed E-state index contributed by atoms with van der Waals surface area (Å²) in [4.78, 5) is 10.8. The number of hydrogen-bond acceptors (Lipinski definition) is 2. The Morgan fingerprint density at radius 1 is 1.50 bits per heavy atom. The number of hydrogen-bond donors (Lipinski definition) is 2. The smallest absolute Gasteiger partial charge is 0.331 e. The van der Waals surface area contributed by atoms with Crippen LogP contribution in [0.2, 0.25) is 0 Å². The van der Waals surface area contributed by atoms with E-state index < -0.39 is 5.97 Å². The van der Waals surface area contributed by atoms with Crippen LogP contribution in [0.25, 0.3) is 0 Å². The van der Waals surface area contributed by atoms with Gasteiger partial charge < -0.3 is 10.4 Å². The van der Waals surface area contributed by atoms with E-state index in [2.05, 4.69) is 12.2 Å². The minimum absolute atomic E-state index is 0.508. The Morgan fingerprint density at radius 3 is 2.62 bits per heavy atom. The molecule has 1 aliphatic carbocycles. The number of rotatable bonds is 8. The van der Waals surface area contributed by atoms with Crippen molar-refractivity contribution in [3.05, 3.63) is 11.6 Å². The highest BCUT2D eigenvalue weighted by Crippen LogP contribution is 2.33. The maximum Gasteiger partial charge on any atom is 0.331 e. The molecule has 1 saturated carbocycles. The molecule has 0 aromatic heterocycles. The molecule has 0 spiro atoms. The summed E-state index contributed by atoms with van der Waals surface area (Å²) in [6.45, 7) is 4.74. The fourth-order valence-corrected chi connectivity index (χ4v) is 1.88. The van der Waals surface area contributed by atoms with Crippen LogP contribution >= 0.6 is 0 Å². The minimum Gasteiger partial charge on any atom is -0.478 e. The summed E-state index contributed by atoms with van der Waals surface area (Å²) in [7, 11) is 0. The predicted octanol–water partition coefficient (Wildman–Crippen LogP) is 2.58. The molecule has 16 heavy (non-hydrogen) atoms. The van der Waals surface area contributed by atoms with Gasteiger partial charge in [0, 0.05) is 18.2 Å². The van der Waals surface area contributed by atoms with E-state index in [1.54, 1.807) is 6.08 Å². The van der Waals surface area contributed by atoms with Crippen LogP contribution in [0.5, 0.6) is 0 Å². The molecule has 0 amide bonds. The number of aliphatic carboxylic acids is 1. The first kappa shape index (κ1) is 13.2. The molecule has 0 bridgehead atoms. The van der Waals surface area contributed by atoms with Crippen molar-refractivity contribution in [3.8, 4) is 0 Å². The van der Waals surface area contributed by atoms with Crippen molar-refractivity contribution in [1.82, 2.24) is 5.32 Å². The van der Waals surface area contributed by atoms with Gasteiger partial charge >= 0.3 is 5.97 Å². The lowest BCUT2D eigenvalue weighted by molar-refractivity contribution is -0.132. The highest BCUT2D eigenvalue weighted by Gasteiger charge is 2.24. The van der Waals surface area contributed by atoms with Crippen LogP contribution in [0, 0.1) is 5.92 Å². The molecule has 1 fully saturated rings. The third-order valence-electron chi connectivity index (χ3n) is 3.22. The zero-order valence-corrected chi connectivity index (χ0v) is 10.3. The molecule has 92 valence electrons. The zero-order chi connectivity index (χ0) is 12.0. The van der Waals surface area contributed by atoms with Gasteiger partial charge in [0.15, 0.2) is 0 Å². The Morgan fingerprint density at radius 2 is 2.19 bits per heavy atom. The van der Waals surface area contributed by atoms with E-state index in [0.717, 1.165) is 12.3 Å². The van der Waals surface area contributed by atoms with Gasteiger partial charge in [0.05, 0.1) is 0 Å². The number of nitrogens with one attached hydrogen (secondary N) is 1. The van der Waals surface area contributed by atoms with Gasteiger partial charge in [-0.2, -0.15) is 0 Å².